The molecule has 0 spiro atoms. The van der Waals surface area contributed by atoms with Gasteiger partial charge in [0.1, 0.15) is 0 Å². The molecule has 0 radical (unpaired) electrons. The number of allylic oxidation sites excluding steroid dienone is 2. The van der Waals surface area contributed by atoms with Crippen LogP contribution in [0.1, 0.15) is 42.8 Å². The molecule has 3 atom stereocenters. The minimum atomic E-state index is -2.72. The summed E-state index contributed by atoms with van der Waals surface area (Å²) in [5.41, 5.74) is 5.82. The van der Waals surface area contributed by atoms with Crippen LogP contribution in [-0.4, -0.2) is 11.2 Å². The molecule has 0 heterocycles. The summed E-state index contributed by atoms with van der Waals surface area (Å²) in [4.78, 5) is 0. The molecular formula is C23H26OZr. The third-order valence-corrected chi connectivity index (χ3v) is 18.9. The van der Waals surface area contributed by atoms with Gasteiger partial charge in [-0.1, -0.05) is 0 Å². The Hall–Kier alpha value is -1.24. The average molecular weight is 410 g/mol. The second-order valence-corrected chi connectivity index (χ2v) is 19.5. The molecule has 0 bridgehead atoms. The van der Waals surface area contributed by atoms with E-state index in [0.717, 1.165) is 6.42 Å². The number of hydrogen-bond donors (Lipinski definition) is 1. The number of fused-ring (bicyclic) bond motifs is 2. The van der Waals surface area contributed by atoms with Gasteiger partial charge in [0.25, 0.3) is 0 Å². The van der Waals surface area contributed by atoms with Crippen molar-refractivity contribution in [2.24, 2.45) is 0 Å². The Bertz CT molecular complexity index is 772. The van der Waals surface area contributed by atoms with Crippen molar-refractivity contribution >= 4 is 12.2 Å². The quantitative estimate of drug-likeness (QED) is 0.650. The second-order valence-electron chi connectivity index (χ2n) is 7.82. The topological polar surface area (TPSA) is 20.2 Å². The molecule has 128 valence electrons. The Kier molecular flexibility index (Phi) is 4.69. The maximum absolute atomic E-state index is 9.99. The van der Waals surface area contributed by atoms with E-state index in [1.165, 1.54) is 26.4 Å². The van der Waals surface area contributed by atoms with E-state index in [4.69, 9.17) is 0 Å². The monoisotopic (exact) mass is 408 g/mol. The zero-order chi connectivity index (χ0) is 17.4. The standard InChI is InChI=1S/2C9H7.C4H9O.CH3.Zr/c2*1-2-5-9-7-3-6-8(9)4-1;1-3-4(2)5;;/h2*1-7H;4-5H,1,3H2,2H3;1H3;. The summed E-state index contributed by atoms with van der Waals surface area (Å²) < 4.78 is 5.00. The first-order valence-corrected chi connectivity index (χ1v) is 16.4. The van der Waals surface area contributed by atoms with Gasteiger partial charge in [0.2, 0.25) is 0 Å². The molecule has 0 saturated heterocycles. The Labute approximate surface area is 155 Å². The molecule has 4 rings (SSSR count). The summed E-state index contributed by atoms with van der Waals surface area (Å²) in [5, 5.41) is 9.99. The van der Waals surface area contributed by atoms with Crippen molar-refractivity contribution in [3.63, 3.8) is 0 Å². The Balaban J connectivity index is 1.77. The normalized spacial score (nSPS) is 24.0. The first-order valence-electron chi connectivity index (χ1n) is 9.32. The molecule has 1 N–H and O–H groups in total. The van der Waals surface area contributed by atoms with Crippen LogP contribution in [0.3, 0.4) is 0 Å². The summed E-state index contributed by atoms with van der Waals surface area (Å²) in [7, 11) is 0. The van der Waals surface area contributed by atoms with E-state index in [9.17, 15) is 5.11 Å². The summed E-state index contributed by atoms with van der Waals surface area (Å²) in [6.07, 6.45) is 10.3. The summed E-state index contributed by atoms with van der Waals surface area (Å²) in [5.74, 6) is 0. The van der Waals surface area contributed by atoms with E-state index in [1.807, 2.05) is 6.92 Å². The van der Waals surface area contributed by atoms with E-state index in [0.29, 0.717) is 7.25 Å². The SMILES string of the molecule is CC(O)C[CH2][Zr]([CH3])([CH]1C=Cc2ccccc21)[CH]1C=Cc2ccccc21. The molecule has 1 nitrogen and oxygen atoms in total. The van der Waals surface area contributed by atoms with Crippen LogP contribution in [0.4, 0.5) is 0 Å². The van der Waals surface area contributed by atoms with Crippen molar-refractivity contribution in [1.82, 2.24) is 0 Å². The van der Waals surface area contributed by atoms with Crippen molar-refractivity contribution in [1.29, 1.82) is 0 Å². The summed E-state index contributed by atoms with van der Waals surface area (Å²) in [6, 6.07) is 17.8. The van der Waals surface area contributed by atoms with E-state index in [1.54, 1.807) is 0 Å². The van der Waals surface area contributed by atoms with Crippen LogP contribution in [0.25, 0.3) is 12.2 Å². The molecule has 2 heteroatoms. The molecule has 0 amide bonds. The van der Waals surface area contributed by atoms with Crippen LogP contribution in [0, 0.1) is 0 Å². The van der Waals surface area contributed by atoms with E-state index in [-0.39, 0.29) is 6.10 Å². The van der Waals surface area contributed by atoms with E-state index in [2.05, 4.69) is 77.5 Å². The van der Waals surface area contributed by atoms with Crippen LogP contribution in [-0.2, 0) is 20.3 Å². The van der Waals surface area contributed by atoms with Gasteiger partial charge in [-0.2, -0.15) is 0 Å². The van der Waals surface area contributed by atoms with Crippen molar-refractivity contribution in [3.05, 3.63) is 82.9 Å². The Morgan fingerprint density at radius 2 is 1.36 bits per heavy atom. The van der Waals surface area contributed by atoms with Gasteiger partial charge in [-0.15, -0.1) is 0 Å². The molecule has 2 aromatic carbocycles. The van der Waals surface area contributed by atoms with Gasteiger partial charge in [-0.3, -0.25) is 0 Å². The first kappa shape index (κ1) is 17.2. The second kappa shape index (κ2) is 6.82. The number of aliphatic hydroxyl groups excluding tert-OH is 1. The van der Waals surface area contributed by atoms with Crippen LogP contribution in [0.5, 0.6) is 0 Å². The fraction of sp³-hybridized carbons (Fsp3) is 0.304. The van der Waals surface area contributed by atoms with Crippen molar-refractivity contribution < 1.29 is 25.4 Å². The zero-order valence-corrected chi connectivity index (χ0v) is 17.5. The predicted octanol–water partition coefficient (Wildman–Crippen LogP) is 5.91. The molecule has 25 heavy (non-hydrogen) atoms. The van der Waals surface area contributed by atoms with Gasteiger partial charge in [-0.05, 0) is 0 Å². The fourth-order valence-electron chi connectivity index (χ4n) is 4.67. The molecule has 0 aromatic heterocycles. The van der Waals surface area contributed by atoms with Gasteiger partial charge in [0.05, 0.1) is 0 Å². The molecule has 3 unspecified atom stereocenters. The average Bonchev–Trinajstić information content (AvgIpc) is 3.24. The van der Waals surface area contributed by atoms with Gasteiger partial charge < -0.3 is 0 Å². The molecule has 0 fully saturated rings. The van der Waals surface area contributed by atoms with Crippen molar-refractivity contribution in [2.45, 2.75) is 35.5 Å². The first-order chi connectivity index (χ1) is 12.1. The van der Waals surface area contributed by atoms with Crippen molar-refractivity contribution in [2.75, 3.05) is 0 Å². The number of aliphatic hydroxyl groups is 1. The zero-order valence-electron chi connectivity index (χ0n) is 15.0. The van der Waals surface area contributed by atoms with Crippen LogP contribution >= 0.6 is 0 Å². The number of rotatable bonds is 5. The maximum atomic E-state index is 9.99. The molecule has 2 aliphatic carbocycles. The van der Waals surface area contributed by atoms with Gasteiger partial charge >= 0.3 is 156 Å². The third-order valence-electron chi connectivity index (χ3n) is 6.12. The summed E-state index contributed by atoms with van der Waals surface area (Å²) in [6.45, 7) is 1.93. The molecule has 0 saturated carbocycles. The Morgan fingerprint density at radius 1 is 0.880 bits per heavy atom. The fourth-order valence-corrected chi connectivity index (χ4v) is 17.1. The van der Waals surface area contributed by atoms with E-state index < -0.39 is 20.3 Å². The number of hydrogen-bond acceptors (Lipinski definition) is 1. The van der Waals surface area contributed by atoms with E-state index >= 15 is 0 Å². The molecular weight excluding hydrogens is 383 g/mol. The van der Waals surface area contributed by atoms with Crippen molar-refractivity contribution in [3.8, 4) is 0 Å². The van der Waals surface area contributed by atoms with Crippen LogP contribution in [0.2, 0.25) is 8.76 Å². The van der Waals surface area contributed by atoms with Crippen LogP contribution < -0.4 is 0 Å². The van der Waals surface area contributed by atoms with Gasteiger partial charge in [0, 0.05) is 0 Å². The Morgan fingerprint density at radius 3 is 1.84 bits per heavy atom. The molecule has 2 aromatic rings. The summed E-state index contributed by atoms with van der Waals surface area (Å²) >= 11 is -2.72. The van der Waals surface area contributed by atoms with Gasteiger partial charge in [-0.25, -0.2) is 0 Å². The molecule has 2 aliphatic rings. The predicted molar refractivity (Wildman–Crippen MR) is 103 cm³/mol. The van der Waals surface area contributed by atoms with Crippen LogP contribution in [0.15, 0.2) is 60.7 Å². The minimum absolute atomic E-state index is 0.211. The third kappa shape index (κ3) is 3.05. The van der Waals surface area contributed by atoms with Gasteiger partial charge in [0.15, 0.2) is 0 Å². The molecule has 0 aliphatic heterocycles. The number of benzene rings is 2.